The number of piperidine rings is 1. The summed E-state index contributed by atoms with van der Waals surface area (Å²) >= 11 is 13.3. The Kier molecular flexibility index (Phi) is 12.3. The summed E-state index contributed by atoms with van der Waals surface area (Å²) in [5, 5.41) is 10.5. The van der Waals surface area contributed by atoms with Gasteiger partial charge in [-0.1, -0.05) is 67.4 Å². The molecular weight excluding hydrogens is 775 g/mol. The van der Waals surface area contributed by atoms with Crippen molar-refractivity contribution in [2.45, 2.75) is 87.0 Å². The van der Waals surface area contributed by atoms with Gasteiger partial charge in [0, 0.05) is 32.5 Å². The Hall–Kier alpha value is -4.69. The molecular formula is C41H50Cl2N6O8. The van der Waals surface area contributed by atoms with Crippen LogP contribution in [0.1, 0.15) is 62.8 Å². The number of likely N-dealkylation sites (N-methyl/N-ethyl adjacent to an activating group) is 1. The third-order valence-electron chi connectivity index (χ3n) is 11.0. The molecule has 1 heterocycles. The maximum Gasteiger partial charge on any atom is 0.408 e. The fourth-order valence-corrected chi connectivity index (χ4v) is 8.77. The third kappa shape index (κ3) is 9.72. The number of rotatable bonds is 14. The summed E-state index contributed by atoms with van der Waals surface area (Å²) in [4.78, 5) is 97.4. The number of Topliss-reactive ketones (excluding diaryl/α,β-unsaturated/α-hetero) is 1. The summed E-state index contributed by atoms with van der Waals surface area (Å²) in [6, 6.07) is 11.8. The SMILES string of the molecule is CN(C)C(=O)C(NC(=O)CNC(=O)C(=O)C(CC1CC1)NC(=O)[C@@H]1[C@@H]2[C@H](CN1C(=O)C(NC(=O)OC(C)(C)C)C1Cc3ccccc3C1)C2(Cl)Cl)c1ccccc1. The molecule has 2 aromatic carbocycles. The van der Waals surface area contributed by atoms with E-state index in [9.17, 15) is 33.6 Å². The molecule has 57 heavy (non-hydrogen) atoms. The van der Waals surface area contributed by atoms with Gasteiger partial charge in [-0.05, 0) is 68.6 Å². The number of alkyl carbamates (subject to hydrolysis) is 1. The number of ketones is 1. The molecule has 1 saturated heterocycles. The number of carbonyl (C=O) groups excluding carboxylic acids is 7. The summed E-state index contributed by atoms with van der Waals surface area (Å²) in [5.41, 5.74) is 1.82. The predicted molar refractivity (Wildman–Crippen MR) is 211 cm³/mol. The van der Waals surface area contributed by atoms with Gasteiger partial charge in [-0.3, -0.25) is 28.8 Å². The second-order valence-electron chi connectivity index (χ2n) is 16.7. The van der Waals surface area contributed by atoms with Gasteiger partial charge in [-0.25, -0.2) is 4.79 Å². The van der Waals surface area contributed by atoms with Crippen LogP contribution in [0.3, 0.4) is 0 Å². The van der Waals surface area contributed by atoms with Crippen molar-refractivity contribution in [1.29, 1.82) is 0 Å². The molecule has 6 amide bonds. The van der Waals surface area contributed by atoms with E-state index in [0.717, 1.165) is 24.0 Å². The smallest absolute Gasteiger partial charge is 0.408 e. The van der Waals surface area contributed by atoms with Crippen molar-refractivity contribution in [2.75, 3.05) is 27.2 Å². The minimum Gasteiger partial charge on any atom is -0.444 e. The summed E-state index contributed by atoms with van der Waals surface area (Å²) in [7, 11) is 3.11. The van der Waals surface area contributed by atoms with Gasteiger partial charge in [0.15, 0.2) is 0 Å². The van der Waals surface area contributed by atoms with Gasteiger partial charge in [0.25, 0.3) is 5.91 Å². The number of nitrogens with zero attached hydrogens (tertiary/aromatic N) is 2. The van der Waals surface area contributed by atoms with E-state index in [2.05, 4.69) is 21.3 Å². The zero-order valence-electron chi connectivity index (χ0n) is 32.7. The lowest BCUT2D eigenvalue weighted by atomic mass is 9.94. The molecule has 0 spiro atoms. The Balaban J connectivity index is 1.15. The molecule has 2 saturated carbocycles. The zero-order chi connectivity index (χ0) is 41.4. The van der Waals surface area contributed by atoms with E-state index in [1.165, 1.54) is 9.80 Å². The van der Waals surface area contributed by atoms with E-state index < -0.39 is 88.0 Å². The zero-order valence-corrected chi connectivity index (χ0v) is 34.2. The van der Waals surface area contributed by atoms with Crippen LogP contribution in [0.25, 0.3) is 0 Å². The van der Waals surface area contributed by atoms with Gasteiger partial charge < -0.3 is 35.8 Å². The van der Waals surface area contributed by atoms with E-state index in [1.54, 1.807) is 65.2 Å². The highest BCUT2D eigenvalue weighted by Gasteiger charge is 2.74. The number of hydrogen-bond acceptors (Lipinski definition) is 8. The normalized spacial score (nSPS) is 22.2. The Morgan fingerprint density at radius 2 is 1.51 bits per heavy atom. The highest BCUT2D eigenvalue weighted by Crippen LogP contribution is 2.65. The van der Waals surface area contributed by atoms with Crippen LogP contribution < -0.4 is 21.3 Å². The lowest BCUT2D eigenvalue weighted by Gasteiger charge is -2.35. The molecule has 16 heteroatoms. The van der Waals surface area contributed by atoms with Crippen LogP contribution >= 0.6 is 23.2 Å². The number of hydrogen-bond donors (Lipinski definition) is 4. The van der Waals surface area contributed by atoms with Gasteiger partial charge in [-0.2, -0.15) is 0 Å². The van der Waals surface area contributed by atoms with Crippen molar-refractivity contribution in [3.63, 3.8) is 0 Å². The first-order chi connectivity index (χ1) is 26.9. The molecule has 4 aliphatic rings. The average Bonchev–Trinajstić information content (AvgIpc) is 3.91. The van der Waals surface area contributed by atoms with Crippen LogP contribution in [0.15, 0.2) is 54.6 Å². The van der Waals surface area contributed by atoms with Gasteiger partial charge in [0.1, 0.15) is 28.1 Å². The number of benzene rings is 2. The molecule has 3 aliphatic carbocycles. The number of fused-ring (bicyclic) bond motifs is 2. The third-order valence-corrected chi connectivity index (χ3v) is 12.1. The lowest BCUT2D eigenvalue weighted by Crippen LogP contribution is -2.60. The number of halogens is 2. The van der Waals surface area contributed by atoms with Crippen molar-refractivity contribution < 1.29 is 38.3 Å². The number of carbonyl (C=O) groups is 7. The van der Waals surface area contributed by atoms with Gasteiger partial charge in [-0.15, -0.1) is 23.2 Å². The van der Waals surface area contributed by atoms with E-state index >= 15 is 0 Å². The molecule has 0 radical (unpaired) electrons. The van der Waals surface area contributed by atoms with Crippen molar-refractivity contribution in [2.24, 2.45) is 23.7 Å². The van der Waals surface area contributed by atoms with Gasteiger partial charge in [0.2, 0.25) is 29.4 Å². The van der Waals surface area contributed by atoms with Crippen LogP contribution in [0.5, 0.6) is 0 Å². The molecule has 14 nitrogen and oxygen atoms in total. The van der Waals surface area contributed by atoms with E-state index in [4.69, 9.17) is 27.9 Å². The highest BCUT2D eigenvalue weighted by atomic mass is 35.5. The number of alkyl halides is 2. The fraction of sp³-hybridized carbons (Fsp3) is 0.537. The van der Waals surface area contributed by atoms with Crippen molar-refractivity contribution in [1.82, 2.24) is 31.1 Å². The first-order valence-corrected chi connectivity index (χ1v) is 20.0. The quantitative estimate of drug-likeness (QED) is 0.166. The summed E-state index contributed by atoms with van der Waals surface area (Å²) in [6.45, 7) is 4.58. The average molecular weight is 826 g/mol. The second-order valence-corrected chi connectivity index (χ2v) is 18.2. The monoisotopic (exact) mass is 824 g/mol. The summed E-state index contributed by atoms with van der Waals surface area (Å²) in [5.74, 6) is -5.73. The van der Waals surface area contributed by atoms with Crippen LogP contribution in [-0.2, 0) is 46.3 Å². The van der Waals surface area contributed by atoms with Crippen LogP contribution in [0.2, 0.25) is 0 Å². The Bertz CT molecular complexity index is 1890. The van der Waals surface area contributed by atoms with Crippen molar-refractivity contribution >= 4 is 64.6 Å². The summed E-state index contributed by atoms with van der Waals surface area (Å²) < 4.78 is 4.23. The highest BCUT2D eigenvalue weighted by molar-refractivity contribution is 6.51. The van der Waals surface area contributed by atoms with Gasteiger partial charge in [0.05, 0.1) is 12.6 Å². The topological polar surface area (TPSA) is 183 Å². The van der Waals surface area contributed by atoms with E-state index in [1.807, 2.05) is 24.3 Å². The maximum absolute atomic E-state index is 14.6. The molecule has 3 fully saturated rings. The lowest BCUT2D eigenvalue weighted by molar-refractivity contribution is -0.144. The molecule has 306 valence electrons. The minimum atomic E-state index is -1.30. The Labute approximate surface area is 342 Å². The molecule has 0 aromatic heterocycles. The molecule has 2 aromatic rings. The molecule has 6 atom stereocenters. The first-order valence-electron chi connectivity index (χ1n) is 19.3. The largest absolute Gasteiger partial charge is 0.444 e. The first kappa shape index (κ1) is 41.9. The van der Waals surface area contributed by atoms with Crippen LogP contribution in [0, 0.1) is 23.7 Å². The Morgan fingerprint density at radius 3 is 2.09 bits per heavy atom. The van der Waals surface area contributed by atoms with Crippen LogP contribution in [-0.4, -0.2) is 106 Å². The maximum atomic E-state index is 14.6. The standard InChI is InChI=1S/C41H50Cl2N6O8/c1-40(2,3)57-39(56)47-32(26-18-24-13-9-10-14-25(24)19-26)38(55)49-21-27-30(41(27,42)43)33(49)35(52)45-28(17-22-15-16-22)34(51)36(53)44-20-29(50)46-31(37(54)48(4)5)23-11-7-6-8-12-23/h6-14,22,26-28,30-33H,15-21H2,1-5H3,(H,44,53)(H,45,52)(H,46,50)(H,47,56)/t27-,28?,30-,31?,32?,33-/m0/s1. The molecule has 1 aliphatic heterocycles. The Morgan fingerprint density at radius 1 is 0.895 bits per heavy atom. The van der Waals surface area contributed by atoms with Crippen molar-refractivity contribution in [3.8, 4) is 0 Å². The van der Waals surface area contributed by atoms with E-state index in [-0.39, 0.29) is 30.7 Å². The van der Waals surface area contributed by atoms with Gasteiger partial charge >= 0.3 is 6.09 Å². The minimum absolute atomic E-state index is 0.0396. The molecule has 3 unspecified atom stereocenters. The van der Waals surface area contributed by atoms with Crippen molar-refractivity contribution in [3.05, 3.63) is 71.3 Å². The molecule has 0 bridgehead atoms. The molecule has 6 rings (SSSR count). The second kappa shape index (κ2) is 16.7. The number of likely N-dealkylation sites (tertiary alicyclic amines) is 1. The number of amides is 6. The number of ether oxygens (including phenoxy) is 1. The summed E-state index contributed by atoms with van der Waals surface area (Å²) in [6.07, 6.45) is 2.02. The van der Waals surface area contributed by atoms with E-state index in [0.29, 0.717) is 18.4 Å². The molecule has 4 N–H and O–H groups in total. The number of nitrogens with one attached hydrogen (secondary N) is 4. The van der Waals surface area contributed by atoms with Crippen LogP contribution in [0.4, 0.5) is 4.79 Å². The fourth-order valence-electron chi connectivity index (χ4n) is 7.94. The predicted octanol–water partition coefficient (Wildman–Crippen LogP) is 2.84.